The number of rotatable bonds is 4. The summed E-state index contributed by atoms with van der Waals surface area (Å²) in [6.07, 6.45) is 4.88. The van der Waals surface area contributed by atoms with Crippen molar-refractivity contribution in [3.8, 4) is 0 Å². The van der Waals surface area contributed by atoms with Crippen LogP contribution in [0.25, 0.3) is 0 Å². The highest BCUT2D eigenvalue weighted by atomic mass is 16.5. The van der Waals surface area contributed by atoms with Gasteiger partial charge in [-0.1, -0.05) is 12.8 Å². The second-order valence-electron chi connectivity index (χ2n) is 5.59. The summed E-state index contributed by atoms with van der Waals surface area (Å²) in [4.78, 5) is 11.9. The van der Waals surface area contributed by atoms with E-state index in [-0.39, 0.29) is 18.4 Å². The molecule has 1 aliphatic carbocycles. The molecule has 1 saturated heterocycles. The molecule has 2 N–H and O–H groups in total. The van der Waals surface area contributed by atoms with Crippen LogP contribution in [0.4, 0.5) is 0 Å². The van der Waals surface area contributed by atoms with Crippen LogP contribution in [-0.4, -0.2) is 35.9 Å². The van der Waals surface area contributed by atoms with E-state index in [0.29, 0.717) is 5.92 Å². The molecule has 98 valence electrons. The van der Waals surface area contributed by atoms with Gasteiger partial charge in [-0.2, -0.15) is 0 Å². The van der Waals surface area contributed by atoms with E-state index in [9.17, 15) is 9.90 Å². The number of carbonyl (C=O) groups is 1. The molecule has 17 heavy (non-hydrogen) atoms. The molecular weight excluding hydrogens is 218 g/mol. The van der Waals surface area contributed by atoms with Crippen LogP contribution in [0.15, 0.2) is 0 Å². The van der Waals surface area contributed by atoms with E-state index in [2.05, 4.69) is 5.32 Å². The molecule has 1 amide bonds. The minimum absolute atomic E-state index is 0.0196. The lowest BCUT2D eigenvalue weighted by Gasteiger charge is -2.24. The van der Waals surface area contributed by atoms with E-state index in [0.717, 1.165) is 45.3 Å². The highest BCUT2D eigenvalue weighted by molar-refractivity contribution is 5.77. The first-order valence-corrected chi connectivity index (χ1v) is 6.69. The Morgan fingerprint density at radius 2 is 2.24 bits per heavy atom. The molecule has 2 aliphatic rings. The van der Waals surface area contributed by atoms with Crippen molar-refractivity contribution in [1.82, 2.24) is 5.32 Å². The number of hydrogen-bond acceptors (Lipinski definition) is 3. The molecule has 1 heterocycles. The van der Waals surface area contributed by atoms with E-state index in [1.165, 1.54) is 0 Å². The van der Waals surface area contributed by atoms with Crippen molar-refractivity contribution in [2.75, 3.05) is 13.2 Å². The Morgan fingerprint density at radius 1 is 1.53 bits per heavy atom. The second-order valence-corrected chi connectivity index (χ2v) is 5.59. The Morgan fingerprint density at radius 3 is 2.82 bits per heavy atom. The molecule has 0 radical (unpaired) electrons. The molecule has 0 aromatic heterocycles. The molecular formula is C13H23NO3. The first kappa shape index (κ1) is 12.8. The van der Waals surface area contributed by atoms with Gasteiger partial charge >= 0.3 is 0 Å². The predicted molar refractivity (Wildman–Crippen MR) is 64.6 cm³/mol. The first-order chi connectivity index (χ1) is 8.09. The minimum Gasteiger partial charge on any atom is -0.389 e. The maximum atomic E-state index is 11.9. The number of nitrogens with one attached hydrogen (secondary N) is 1. The SMILES string of the molecule is CC(NC(=O)CC1(O)CCCC1)C1CCOC1. The van der Waals surface area contributed by atoms with Crippen molar-refractivity contribution >= 4 is 5.91 Å². The van der Waals surface area contributed by atoms with E-state index < -0.39 is 5.60 Å². The quantitative estimate of drug-likeness (QED) is 0.778. The van der Waals surface area contributed by atoms with Gasteiger partial charge in [-0.15, -0.1) is 0 Å². The Balaban J connectivity index is 1.76. The zero-order valence-corrected chi connectivity index (χ0v) is 10.6. The molecule has 0 aromatic carbocycles. The van der Waals surface area contributed by atoms with Gasteiger partial charge < -0.3 is 15.2 Å². The minimum atomic E-state index is -0.740. The lowest BCUT2D eigenvalue weighted by molar-refractivity contribution is -0.126. The third kappa shape index (κ3) is 3.42. The van der Waals surface area contributed by atoms with Crippen molar-refractivity contribution in [1.29, 1.82) is 0 Å². The molecule has 0 bridgehead atoms. The molecule has 2 atom stereocenters. The van der Waals surface area contributed by atoms with Crippen molar-refractivity contribution < 1.29 is 14.6 Å². The largest absolute Gasteiger partial charge is 0.389 e. The van der Waals surface area contributed by atoms with E-state index in [4.69, 9.17) is 4.74 Å². The summed E-state index contributed by atoms with van der Waals surface area (Å²) in [6.45, 7) is 3.57. The normalized spacial score (nSPS) is 29.2. The standard InChI is InChI=1S/C13H23NO3/c1-10(11-4-7-17-9-11)14-12(15)8-13(16)5-2-3-6-13/h10-11,16H,2-9H2,1H3,(H,14,15). The van der Waals surface area contributed by atoms with Gasteiger partial charge in [-0.3, -0.25) is 4.79 Å². The zero-order chi connectivity index (χ0) is 12.3. The van der Waals surface area contributed by atoms with Crippen LogP contribution in [0, 0.1) is 5.92 Å². The van der Waals surface area contributed by atoms with Crippen molar-refractivity contribution in [3.05, 3.63) is 0 Å². The van der Waals surface area contributed by atoms with Gasteiger partial charge in [0.2, 0.25) is 5.91 Å². The van der Waals surface area contributed by atoms with Gasteiger partial charge in [-0.05, 0) is 26.2 Å². The third-order valence-electron chi connectivity index (χ3n) is 4.08. The van der Waals surface area contributed by atoms with Crippen LogP contribution in [0.2, 0.25) is 0 Å². The fourth-order valence-corrected chi connectivity index (χ4v) is 2.88. The van der Waals surface area contributed by atoms with Crippen LogP contribution in [-0.2, 0) is 9.53 Å². The van der Waals surface area contributed by atoms with Gasteiger partial charge in [0.1, 0.15) is 0 Å². The van der Waals surface area contributed by atoms with Crippen molar-refractivity contribution in [2.45, 2.75) is 57.1 Å². The summed E-state index contributed by atoms with van der Waals surface area (Å²) in [7, 11) is 0. The van der Waals surface area contributed by atoms with E-state index in [1.54, 1.807) is 0 Å². The number of carbonyl (C=O) groups excluding carboxylic acids is 1. The van der Waals surface area contributed by atoms with Crippen LogP contribution in [0.5, 0.6) is 0 Å². The average molecular weight is 241 g/mol. The van der Waals surface area contributed by atoms with Crippen molar-refractivity contribution in [2.24, 2.45) is 5.92 Å². The molecule has 2 fully saturated rings. The maximum Gasteiger partial charge on any atom is 0.223 e. The lowest BCUT2D eigenvalue weighted by Crippen LogP contribution is -2.42. The van der Waals surface area contributed by atoms with Gasteiger partial charge in [-0.25, -0.2) is 0 Å². The molecule has 4 heteroatoms. The van der Waals surface area contributed by atoms with Crippen LogP contribution < -0.4 is 5.32 Å². The van der Waals surface area contributed by atoms with Crippen LogP contribution >= 0.6 is 0 Å². The Bertz CT molecular complexity index is 268. The fourth-order valence-electron chi connectivity index (χ4n) is 2.88. The number of ether oxygens (including phenoxy) is 1. The van der Waals surface area contributed by atoms with Gasteiger partial charge in [0.15, 0.2) is 0 Å². The van der Waals surface area contributed by atoms with Crippen molar-refractivity contribution in [3.63, 3.8) is 0 Å². The average Bonchev–Trinajstić information content (AvgIpc) is 2.88. The highest BCUT2D eigenvalue weighted by Crippen LogP contribution is 2.32. The Kier molecular flexibility index (Phi) is 4.05. The molecule has 1 saturated carbocycles. The second kappa shape index (κ2) is 5.36. The smallest absolute Gasteiger partial charge is 0.223 e. The summed E-state index contributed by atoms with van der Waals surface area (Å²) in [5.74, 6) is 0.408. The van der Waals surface area contributed by atoms with Crippen LogP contribution in [0.3, 0.4) is 0 Å². The number of amides is 1. The fraction of sp³-hybridized carbons (Fsp3) is 0.923. The maximum absolute atomic E-state index is 11.9. The molecule has 2 rings (SSSR count). The number of aliphatic hydroxyl groups is 1. The predicted octanol–water partition coefficient (Wildman–Crippen LogP) is 1.22. The summed E-state index contributed by atoms with van der Waals surface area (Å²) in [5, 5.41) is 13.1. The Hall–Kier alpha value is -0.610. The monoisotopic (exact) mass is 241 g/mol. The summed E-state index contributed by atoms with van der Waals surface area (Å²) in [6, 6.07) is 0.148. The summed E-state index contributed by atoms with van der Waals surface area (Å²) >= 11 is 0. The first-order valence-electron chi connectivity index (χ1n) is 6.69. The Labute approximate surface area is 103 Å². The van der Waals surface area contributed by atoms with Gasteiger partial charge in [0.25, 0.3) is 0 Å². The molecule has 4 nitrogen and oxygen atoms in total. The van der Waals surface area contributed by atoms with Gasteiger partial charge in [0, 0.05) is 18.6 Å². The zero-order valence-electron chi connectivity index (χ0n) is 10.6. The van der Waals surface area contributed by atoms with Crippen LogP contribution in [0.1, 0.15) is 45.4 Å². The molecule has 2 unspecified atom stereocenters. The van der Waals surface area contributed by atoms with E-state index in [1.807, 2.05) is 6.92 Å². The summed E-state index contributed by atoms with van der Waals surface area (Å²) < 4.78 is 5.31. The number of hydrogen-bond donors (Lipinski definition) is 2. The van der Waals surface area contributed by atoms with E-state index >= 15 is 0 Å². The molecule has 0 spiro atoms. The third-order valence-corrected chi connectivity index (χ3v) is 4.08. The molecule has 0 aromatic rings. The van der Waals surface area contributed by atoms with Gasteiger partial charge in [0.05, 0.1) is 18.6 Å². The summed E-state index contributed by atoms with van der Waals surface area (Å²) in [5.41, 5.74) is -0.740. The highest BCUT2D eigenvalue weighted by Gasteiger charge is 2.34. The topological polar surface area (TPSA) is 58.6 Å². The lowest BCUT2D eigenvalue weighted by atomic mass is 9.96. The molecule has 1 aliphatic heterocycles.